The summed E-state index contributed by atoms with van der Waals surface area (Å²) in [6, 6.07) is 13.7. The third-order valence-corrected chi connectivity index (χ3v) is 4.37. The predicted octanol–water partition coefficient (Wildman–Crippen LogP) is 2.77. The number of benzene rings is 2. The molecular weight excluding hydrogens is 331 g/mol. The quantitative estimate of drug-likeness (QED) is 0.525. The number of rotatable bonds is 7. The van der Waals surface area contributed by atoms with Gasteiger partial charge in [0.25, 0.3) is 5.91 Å². The molecule has 5 nitrogen and oxygen atoms in total. The summed E-state index contributed by atoms with van der Waals surface area (Å²) in [6.45, 7) is 0.954. The van der Waals surface area contributed by atoms with Gasteiger partial charge in [-0.3, -0.25) is 4.79 Å². The first-order valence-corrected chi connectivity index (χ1v) is 8.70. The standard InChI is InChI=1S/C20H23FN4O/c21-14-9-7-13(8-10-14)18-16-5-1-2-6-17(16)25-19(18)20(26)24-12-15(23)4-3-11-22/h1-2,5-10,15,25H,3-4,11-12,22-23H2,(H,24,26). The molecule has 1 amide bonds. The summed E-state index contributed by atoms with van der Waals surface area (Å²) in [5.41, 5.74) is 14.3. The number of amides is 1. The maximum atomic E-state index is 13.3. The van der Waals surface area contributed by atoms with Gasteiger partial charge in [-0.2, -0.15) is 0 Å². The molecule has 0 aliphatic heterocycles. The van der Waals surface area contributed by atoms with Crippen LogP contribution in [0.2, 0.25) is 0 Å². The molecule has 6 N–H and O–H groups in total. The molecule has 1 heterocycles. The molecule has 1 aromatic heterocycles. The van der Waals surface area contributed by atoms with Crippen LogP contribution in [0.3, 0.4) is 0 Å². The summed E-state index contributed by atoms with van der Waals surface area (Å²) in [5.74, 6) is -0.547. The lowest BCUT2D eigenvalue weighted by Crippen LogP contribution is -2.37. The molecule has 1 atom stereocenters. The van der Waals surface area contributed by atoms with E-state index in [1.165, 1.54) is 12.1 Å². The van der Waals surface area contributed by atoms with Gasteiger partial charge in [0, 0.05) is 29.1 Å². The predicted molar refractivity (Wildman–Crippen MR) is 102 cm³/mol. The number of hydrogen-bond donors (Lipinski definition) is 4. The average Bonchev–Trinajstić information content (AvgIpc) is 3.04. The number of fused-ring (bicyclic) bond motifs is 1. The molecule has 0 radical (unpaired) electrons. The Morgan fingerprint density at radius 1 is 1.15 bits per heavy atom. The lowest BCUT2D eigenvalue weighted by Gasteiger charge is -2.12. The first kappa shape index (κ1) is 18.1. The van der Waals surface area contributed by atoms with Gasteiger partial charge in [-0.15, -0.1) is 0 Å². The fourth-order valence-electron chi connectivity index (χ4n) is 3.02. The summed E-state index contributed by atoms with van der Waals surface area (Å²) in [7, 11) is 0. The van der Waals surface area contributed by atoms with Crippen molar-refractivity contribution in [1.82, 2.24) is 10.3 Å². The average molecular weight is 354 g/mol. The normalized spacial score (nSPS) is 12.3. The van der Waals surface area contributed by atoms with Crippen LogP contribution in [-0.2, 0) is 0 Å². The second kappa shape index (κ2) is 8.12. The molecule has 6 heteroatoms. The summed E-state index contributed by atoms with van der Waals surface area (Å²) in [4.78, 5) is 15.9. The van der Waals surface area contributed by atoms with Gasteiger partial charge < -0.3 is 21.8 Å². The molecule has 0 bridgehead atoms. The largest absolute Gasteiger partial charge is 0.350 e. The summed E-state index contributed by atoms with van der Waals surface area (Å²) in [6.07, 6.45) is 1.58. The lowest BCUT2D eigenvalue weighted by atomic mass is 10.0. The Labute approximate surface area is 151 Å². The van der Waals surface area contributed by atoms with E-state index in [2.05, 4.69) is 10.3 Å². The number of hydrogen-bond acceptors (Lipinski definition) is 3. The van der Waals surface area contributed by atoms with Gasteiger partial charge in [-0.25, -0.2) is 4.39 Å². The molecule has 0 fully saturated rings. The van der Waals surface area contributed by atoms with Crippen molar-refractivity contribution >= 4 is 16.8 Å². The summed E-state index contributed by atoms with van der Waals surface area (Å²) >= 11 is 0. The van der Waals surface area contributed by atoms with Crippen LogP contribution in [0, 0.1) is 5.82 Å². The lowest BCUT2D eigenvalue weighted by molar-refractivity contribution is 0.0947. The first-order chi connectivity index (χ1) is 12.6. The molecule has 0 spiro atoms. The zero-order chi connectivity index (χ0) is 18.5. The molecule has 0 aliphatic rings. The Balaban J connectivity index is 1.91. The highest BCUT2D eigenvalue weighted by Crippen LogP contribution is 2.32. The Kier molecular flexibility index (Phi) is 5.65. The van der Waals surface area contributed by atoms with E-state index >= 15 is 0 Å². The topological polar surface area (TPSA) is 96.9 Å². The maximum absolute atomic E-state index is 13.3. The number of carbonyl (C=O) groups is 1. The van der Waals surface area contributed by atoms with Crippen LogP contribution in [-0.4, -0.2) is 30.0 Å². The van der Waals surface area contributed by atoms with E-state index in [1.54, 1.807) is 12.1 Å². The minimum absolute atomic E-state index is 0.138. The first-order valence-electron chi connectivity index (χ1n) is 8.70. The van der Waals surface area contributed by atoms with Crippen molar-refractivity contribution in [3.05, 3.63) is 60.0 Å². The van der Waals surface area contributed by atoms with Gasteiger partial charge in [0.15, 0.2) is 0 Å². The van der Waals surface area contributed by atoms with Gasteiger partial charge in [0.05, 0.1) is 0 Å². The van der Waals surface area contributed by atoms with Crippen LogP contribution in [0.5, 0.6) is 0 Å². The van der Waals surface area contributed by atoms with Crippen molar-refractivity contribution in [2.75, 3.05) is 13.1 Å². The minimum atomic E-state index is -0.314. The van der Waals surface area contributed by atoms with Crippen molar-refractivity contribution in [2.24, 2.45) is 11.5 Å². The molecule has 0 aliphatic carbocycles. The smallest absolute Gasteiger partial charge is 0.268 e. The van der Waals surface area contributed by atoms with Gasteiger partial charge in [0.2, 0.25) is 0 Å². The molecule has 3 aromatic rings. The Morgan fingerprint density at radius 3 is 2.62 bits per heavy atom. The van der Waals surface area contributed by atoms with Gasteiger partial charge >= 0.3 is 0 Å². The van der Waals surface area contributed by atoms with E-state index in [0.717, 1.165) is 34.9 Å². The van der Waals surface area contributed by atoms with Crippen molar-refractivity contribution in [3.63, 3.8) is 0 Å². The molecule has 26 heavy (non-hydrogen) atoms. The van der Waals surface area contributed by atoms with Crippen LogP contribution in [0.15, 0.2) is 48.5 Å². The van der Waals surface area contributed by atoms with Crippen LogP contribution in [0.4, 0.5) is 4.39 Å². The van der Waals surface area contributed by atoms with Crippen molar-refractivity contribution in [1.29, 1.82) is 0 Å². The zero-order valence-electron chi connectivity index (χ0n) is 14.5. The van der Waals surface area contributed by atoms with Gasteiger partial charge in [0.1, 0.15) is 11.5 Å². The van der Waals surface area contributed by atoms with Crippen LogP contribution in [0.25, 0.3) is 22.0 Å². The number of carbonyl (C=O) groups excluding carboxylic acids is 1. The number of aromatic amines is 1. The Morgan fingerprint density at radius 2 is 1.88 bits per heavy atom. The van der Waals surface area contributed by atoms with E-state index in [4.69, 9.17) is 11.5 Å². The van der Waals surface area contributed by atoms with Crippen molar-refractivity contribution in [3.8, 4) is 11.1 Å². The fraction of sp³-hybridized carbons (Fsp3) is 0.250. The van der Waals surface area contributed by atoms with Crippen LogP contribution >= 0.6 is 0 Å². The fourth-order valence-corrected chi connectivity index (χ4v) is 3.02. The van der Waals surface area contributed by atoms with Gasteiger partial charge in [-0.05, 0) is 43.1 Å². The molecule has 1 unspecified atom stereocenters. The van der Waals surface area contributed by atoms with Crippen LogP contribution < -0.4 is 16.8 Å². The second-order valence-corrected chi connectivity index (χ2v) is 6.33. The third-order valence-electron chi connectivity index (χ3n) is 4.37. The number of H-pyrrole nitrogens is 1. The second-order valence-electron chi connectivity index (χ2n) is 6.33. The number of nitrogens with one attached hydrogen (secondary N) is 2. The molecule has 136 valence electrons. The summed E-state index contributed by atoms with van der Waals surface area (Å²) < 4.78 is 13.3. The highest BCUT2D eigenvalue weighted by molar-refractivity contribution is 6.09. The number of nitrogens with two attached hydrogens (primary N) is 2. The van der Waals surface area contributed by atoms with E-state index in [9.17, 15) is 9.18 Å². The molecule has 3 rings (SSSR count). The van der Waals surface area contributed by atoms with Crippen LogP contribution in [0.1, 0.15) is 23.3 Å². The third kappa shape index (κ3) is 3.92. The number of halogens is 1. The molecule has 2 aromatic carbocycles. The van der Waals surface area contributed by atoms with E-state index in [1.807, 2.05) is 24.3 Å². The molecular formula is C20H23FN4O. The number of para-hydroxylation sites is 1. The molecule has 0 saturated carbocycles. The van der Waals surface area contributed by atoms with E-state index in [-0.39, 0.29) is 17.8 Å². The highest BCUT2D eigenvalue weighted by Gasteiger charge is 2.19. The Bertz CT molecular complexity index is 888. The summed E-state index contributed by atoms with van der Waals surface area (Å²) in [5, 5.41) is 3.79. The monoisotopic (exact) mass is 354 g/mol. The Hall–Kier alpha value is -2.70. The van der Waals surface area contributed by atoms with E-state index in [0.29, 0.717) is 18.8 Å². The molecule has 0 saturated heterocycles. The maximum Gasteiger partial charge on any atom is 0.268 e. The van der Waals surface area contributed by atoms with Gasteiger partial charge in [-0.1, -0.05) is 30.3 Å². The SMILES string of the molecule is NCCCC(N)CNC(=O)c1[nH]c2ccccc2c1-c1ccc(F)cc1. The van der Waals surface area contributed by atoms with E-state index < -0.39 is 0 Å². The minimum Gasteiger partial charge on any atom is -0.350 e. The van der Waals surface area contributed by atoms with Crippen molar-refractivity contribution in [2.45, 2.75) is 18.9 Å². The number of aromatic nitrogens is 1. The highest BCUT2D eigenvalue weighted by atomic mass is 19.1. The van der Waals surface area contributed by atoms with Crippen molar-refractivity contribution < 1.29 is 9.18 Å². The zero-order valence-corrected chi connectivity index (χ0v) is 14.5.